The van der Waals surface area contributed by atoms with E-state index in [-0.39, 0.29) is 15.9 Å². The first kappa shape index (κ1) is 17.0. The van der Waals surface area contributed by atoms with E-state index in [1.807, 2.05) is 0 Å². The van der Waals surface area contributed by atoms with Gasteiger partial charge in [0, 0.05) is 28.2 Å². The molecule has 0 unspecified atom stereocenters. The first-order chi connectivity index (χ1) is 11.8. The van der Waals surface area contributed by atoms with Gasteiger partial charge >= 0.3 is 6.18 Å². The minimum atomic E-state index is -4.52. The van der Waals surface area contributed by atoms with Crippen LogP contribution in [0, 0.1) is 10.8 Å². The van der Waals surface area contributed by atoms with Gasteiger partial charge in [0.25, 0.3) is 0 Å². The lowest BCUT2D eigenvalue weighted by atomic mass is 10.1. The SMILES string of the molecule is N=C(N)SC(=N)c1ccc2[nH]cc(-c3cccc(C(F)(F)F)n3)c2c1. The summed E-state index contributed by atoms with van der Waals surface area (Å²) in [4.78, 5) is 6.69. The third-order valence-electron chi connectivity index (χ3n) is 3.47. The molecule has 5 N–H and O–H groups in total. The predicted octanol–water partition coefficient (Wildman–Crippen LogP) is 4.20. The Kier molecular flexibility index (Phi) is 4.25. The lowest BCUT2D eigenvalue weighted by Gasteiger charge is -2.08. The molecule has 0 atom stereocenters. The molecule has 0 fully saturated rings. The fourth-order valence-corrected chi connectivity index (χ4v) is 2.85. The molecule has 128 valence electrons. The molecule has 5 nitrogen and oxygen atoms in total. The van der Waals surface area contributed by atoms with E-state index in [0.29, 0.717) is 22.0 Å². The van der Waals surface area contributed by atoms with Crippen LogP contribution in [0.15, 0.2) is 42.6 Å². The number of halogens is 3. The molecule has 25 heavy (non-hydrogen) atoms. The third-order valence-corrected chi connectivity index (χ3v) is 4.13. The predicted molar refractivity (Wildman–Crippen MR) is 92.9 cm³/mol. The van der Waals surface area contributed by atoms with Crippen molar-refractivity contribution in [3.63, 3.8) is 0 Å². The Morgan fingerprint density at radius 2 is 1.92 bits per heavy atom. The maximum atomic E-state index is 12.9. The van der Waals surface area contributed by atoms with Gasteiger partial charge in [-0.25, -0.2) is 4.98 Å². The summed E-state index contributed by atoms with van der Waals surface area (Å²) in [7, 11) is 0. The summed E-state index contributed by atoms with van der Waals surface area (Å²) in [6.45, 7) is 0. The van der Waals surface area contributed by atoms with E-state index in [4.69, 9.17) is 16.6 Å². The average Bonchev–Trinajstić information content (AvgIpc) is 2.96. The maximum absolute atomic E-state index is 12.9. The molecule has 0 aliphatic heterocycles. The van der Waals surface area contributed by atoms with Crippen LogP contribution < -0.4 is 5.73 Å². The standard InChI is InChI=1S/C16H12F3N5S/c17-16(18,19)13-3-1-2-12(24-13)10-7-23-11-5-4-8(6-9(10)11)14(20)25-15(21)22/h1-7,20,23H,(H3,21,22). The van der Waals surface area contributed by atoms with Crippen LogP contribution in [0.3, 0.4) is 0 Å². The van der Waals surface area contributed by atoms with E-state index in [1.165, 1.54) is 12.1 Å². The lowest BCUT2D eigenvalue weighted by Crippen LogP contribution is -2.08. The Hall–Kier alpha value is -2.81. The molecule has 0 saturated heterocycles. The molecule has 0 aliphatic carbocycles. The van der Waals surface area contributed by atoms with Crippen LogP contribution in [-0.2, 0) is 6.18 Å². The van der Waals surface area contributed by atoms with Gasteiger partial charge in [0.1, 0.15) is 10.7 Å². The van der Waals surface area contributed by atoms with E-state index in [2.05, 4.69) is 9.97 Å². The van der Waals surface area contributed by atoms with Crippen molar-refractivity contribution in [1.29, 1.82) is 10.8 Å². The third kappa shape index (κ3) is 3.50. The normalized spacial score (nSPS) is 11.6. The van der Waals surface area contributed by atoms with Crippen molar-refractivity contribution in [2.75, 3.05) is 0 Å². The molecular formula is C16H12F3N5S. The van der Waals surface area contributed by atoms with E-state index >= 15 is 0 Å². The fraction of sp³-hybridized carbons (Fsp3) is 0.0625. The highest BCUT2D eigenvalue weighted by molar-refractivity contribution is 8.26. The van der Waals surface area contributed by atoms with Gasteiger partial charge in [0.2, 0.25) is 0 Å². The summed E-state index contributed by atoms with van der Waals surface area (Å²) in [6.07, 6.45) is -2.94. The number of alkyl halides is 3. The minimum absolute atomic E-state index is 0.0820. The number of rotatable bonds is 2. The van der Waals surface area contributed by atoms with Crippen molar-refractivity contribution < 1.29 is 13.2 Å². The summed E-state index contributed by atoms with van der Waals surface area (Å²) in [5.41, 5.74) is 6.23. The average molecular weight is 363 g/mol. The molecule has 0 spiro atoms. The van der Waals surface area contributed by atoms with Crippen molar-refractivity contribution in [3.05, 3.63) is 53.9 Å². The number of fused-ring (bicyclic) bond motifs is 1. The number of hydrogen-bond donors (Lipinski definition) is 4. The molecule has 3 aromatic rings. The summed E-state index contributed by atoms with van der Waals surface area (Å²) >= 11 is 0.796. The number of hydrogen-bond acceptors (Lipinski definition) is 4. The highest BCUT2D eigenvalue weighted by atomic mass is 32.2. The van der Waals surface area contributed by atoms with Gasteiger partial charge < -0.3 is 10.7 Å². The van der Waals surface area contributed by atoms with Crippen molar-refractivity contribution in [2.45, 2.75) is 6.18 Å². The van der Waals surface area contributed by atoms with Crippen LogP contribution in [0.25, 0.3) is 22.2 Å². The smallest absolute Gasteiger partial charge is 0.378 e. The van der Waals surface area contributed by atoms with Gasteiger partial charge in [-0.05, 0) is 36.0 Å². The van der Waals surface area contributed by atoms with Crippen molar-refractivity contribution in [2.24, 2.45) is 5.73 Å². The Morgan fingerprint density at radius 3 is 2.60 bits per heavy atom. The number of nitrogens with one attached hydrogen (secondary N) is 3. The number of aromatic amines is 1. The van der Waals surface area contributed by atoms with Crippen LogP contribution in [0.5, 0.6) is 0 Å². The highest BCUT2D eigenvalue weighted by Gasteiger charge is 2.32. The zero-order chi connectivity index (χ0) is 18.2. The summed E-state index contributed by atoms with van der Waals surface area (Å²) in [5.74, 6) is 0. The second kappa shape index (κ2) is 6.25. The zero-order valence-corrected chi connectivity index (χ0v) is 13.4. The molecule has 0 radical (unpaired) electrons. The molecule has 2 aromatic heterocycles. The maximum Gasteiger partial charge on any atom is 0.433 e. The molecule has 0 aliphatic rings. The number of thioether (sulfide) groups is 1. The molecule has 0 amide bonds. The topological polar surface area (TPSA) is 102 Å². The van der Waals surface area contributed by atoms with E-state index in [0.717, 1.165) is 17.8 Å². The van der Waals surface area contributed by atoms with Crippen LogP contribution in [-0.4, -0.2) is 20.2 Å². The molecule has 2 heterocycles. The second-order valence-electron chi connectivity index (χ2n) is 5.16. The first-order valence-corrected chi connectivity index (χ1v) is 7.84. The van der Waals surface area contributed by atoms with E-state index < -0.39 is 11.9 Å². The van der Waals surface area contributed by atoms with Crippen molar-refractivity contribution in [1.82, 2.24) is 9.97 Å². The number of pyridine rings is 1. The summed E-state index contributed by atoms with van der Waals surface area (Å²) < 4.78 is 38.6. The van der Waals surface area contributed by atoms with Gasteiger partial charge in [0.05, 0.1) is 5.69 Å². The summed E-state index contributed by atoms with van der Waals surface area (Å²) in [6, 6.07) is 8.80. The van der Waals surface area contributed by atoms with Crippen molar-refractivity contribution in [3.8, 4) is 11.3 Å². The first-order valence-electron chi connectivity index (χ1n) is 7.02. The van der Waals surface area contributed by atoms with E-state index in [1.54, 1.807) is 24.4 Å². The second-order valence-corrected chi connectivity index (χ2v) is 6.22. The van der Waals surface area contributed by atoms with Gasteiger partial charge in [-0.3, -0.25) is 10.8 Å². The van der Waals surface area contributed by atoms with Gasteiger partial charge in [-0.1, -0.05) is 12.1 Å². The number of amidine groups is 1. The molecule has 9 heteroatoms. The molecule has 1 aromatic carbocycles. The Balaban J connectivity index is 2.08. The number of nitrogens with zero attached hydrogens (tertiary/aromatic N) is 1. The monoisotopic (exact) mass is 363 g/mol. The van der Waals surface area contributed by atoms with Crippen LogP contribution >= 0.6 is 11.8 Å². The van der Waals surface area contributed by atoms with Gasteiger partial charge in [0.15, 0.2) is 5.17 Å². The molecule has 0 saturated carbocycles. The lowest BCUT2D eigenvalue weighted by molar-refractivity contribution is -0.141. The number of H-pyrrole nitrogens is 1. The van der Waals surface area contributed by atoms with Gasteiger partial charge in [-0.2, -0.15) is 13.2 Å². The Morgan fingerprint density at radius 1 is 1.16 bits per heavy atom. The highest BCUT2D eigenvalue weighted by Crippen LogP contribution is 2.32. The Bertz CT molecular complexity index is 977. The number of nitrogens with two attached hydrogens (primary N) is 1. The largest absolute Gasteiger partial charge is 0.433 e. The number of benzene rings is 1. The fourth-order valence-electron chi connectivity index (χ4n) is 2.39. The van der Waals surface area contributed by atoms with Crippen LogP contribution in [0.4, 0.5) is 13.2 Å². The molecule has 3 rings (SSSR count). The van der Waals surface area contributed by atoms with Gasteiger partial charge in [-0.15, -0.1) is 0 Å². The minimum Gasteiger partial charge on any atom is -0.378 e. The van der Waals surface area contributed by atoms with Crippen LogP contribution in [0.2, 0.25) is 0 Å². The molecular weight excluding hydrogens is 351 g/mol. The quantitative estimate of drug-likeness (QED) is 0.405. The number of aromatic nitrogens is 2. The zero-order valence-electron chi connectivity index (χ0n) is 12.6. The Labute approximate surface area is 144 Å². The molecule has 0 bridgehead atoms. The summed E-state index contributed by atoms with van der Waals surface area (Å²) in [5, 5.41) is 15.7. The van der Waals surface area contributed by atoms with E-state index in [9.17, 15) is 13.2 Å². The van der Waals surface area contributed by atoms with Crippen LogP contribution in [0.1, 0.15) is 11.3 Å². The van der Waals surface area contributed by atoms with Crippen molar-refractivity contribution >= 4 is 32.9 Å².